The first kappa shape index (κ1) is 21.3. The van der Waals surface area contributed by atoms with Gasteiger partial charge < -0.3 is 9.80 Å². The van der Waals surface area contributed by atoms with E-state index in [2.05, 4.69) is 0 Å². The monoisotopic (exact) mass is 419 g/mol. The first-order chi connectivity index (χ1) is 15.2. The van der Waals surface area contributed by atoms with Crippen LogP contribution in [0.5, 0.6) is 0 Å². The molecule has 6 heteroatoms. The predicted molar refractivity (Wildman–Crippen MR) is 120 cm³/mol. The van der Waals surface area contributed by atoms with Crippen LogP contribution in [0.2, 0.25) is 0 Å². The largest absolute Gasteiger partial charge is 0.339 e. The van der Waals surface area contributed by atoms with Crippen molar-refractivity contribution in [3.63, 3.8) is 0 Å². The summed E-state index contributed by atoms with van der Waals surface area (Å²) in [6.45, 7) is 5.27. The van der Waals surface area contributed by atoms with E-state index in [1.54, 1.807) is 5.06 Å². The van der Waals surface area contributed by atoms with Gasteiger partial charge in [0.1, 0.15) is 6.54 Å². The van der Waals surface area contributed by atoms with Gasteiger partial charge in [-0.2, -0.15) is 5.06 Å². The molecule has 2 aliphatic rings. The van der Waals surface area contributed by atoms with Crippen LogP contribution in [0.25, 0.3) is 0 Å². The highest BCUT2D eigenvalue weighted by atomic mass is 16.7. The number of hydroxylamine groups is 2. The average molecular weight is 420 g/mol. The Morgan fingerprint density at radius 2 is 1.77 bits per heavy atom. The van der Waals surface area contributed by atoms with Crippen LogP contribution >= 0.6 is 0 Å². The Bertz CT molecular complexity index is 949. The minimum atomic E-state index is -0.0114. The van der Waals surface area contributed by atoms with Gasteiger partial charge >= 0.3 is 0 Å². The van der Waals surface area contributed by atoms with Crippen molar-refractivity contribution < 1.29 is 14.4 Å². The van der Waals surface area contributed by atoms with E-state index in [0.717, 1.165) is 42.7 Å². The van der Waals surface area contributed by atoms with Gasteiger partial charge in [-0.05, 0) is 49.1 Å². The fourth-order valence-corrected chi connectivity index (χ4v) is 4.07. The molecule has 2 aromatic carbocycles. The molecule has 0 aromatic heterocycles. The smallest absolute Gasteiger partial charge is 0.253 e. The zero-order chi connectivity index (χ0) is 21.6. The molecule has 6 nitrogen and oxygen atoms in total. The highest BCUT2D eigenvalue weighted by Crippen LogP contribution is 2.27. The molecule has 162 valence electrons. The van der Waals surface area contributed by atoms with Crippen molar-refractivity contribution in [2.75, 3.05) is 31.1 Å². The summed E-state index contributed by atoms with van der Waals surface area (Å²) in [4.78, 5) is 35.2. The number of carbonyl (C=O) groups is 2. The van der Waals surface area contributed by atoms with E-state index in [1.807, 2.05) is 77.4 Å². The van der Waals surface area contributed by atoms with Crippen LogP contribution in [0.1, 0.15) is 41.3 Å². The minimum absolute atomic E-state index is 0.0114. The van der Waals surface area contributed by atoms with Crippen molar-refractivity contribution >= 4 is 17.5 Å². The first-order valence-electron chi connectivity index (χ1n) is 10.9. The van der Waals surface area contributed by atoms with Gasteiger partial charge in [0.15, 0.2) is 0 Å². The molecule has 0 bridgehead atoms. The molecule has 2 aliphatic heterocycles. The quantitative estimate of drug-likeness (QED) is 0.669. The highest BCUT2D eigenvalue weighted by molar-refractivity contribution is 5.96. The Morgan fingerprint density at radius 3 is 2.52 bits per heavy atom. The van der Waals surface area contributed by atoms with Crippen molar-refractivity contribution in [1.29, 1.82) is 0 Å². The summed E-state index contributed by atoms with van der Waals surface area (Å²) < 4.78 is 0. The molecule has 0 atom stereocenters. The normalized spacial score (nSPS) is 17.3. The maximum Gasteiger partial charge on any atom is 0.253 e. The lowest BCUT2D eigenvalue weighted by Gasteiger charge is -2.23. The molecule has 2 aromatic rings. The van der Waals surface area contributed by atoms with Crippen molar-refractivity contribution in [1.82, 2.24) is 9.96 Å². The minimum Gasteiger partial charge on any atom is -0.339 e. The van der Waals surface area contributed by atoms with E-state index in [1.165, 1.54) is 0 Å². The zero-order valence-corrected chi connectivity index (χ0v) is 18.0. The topological polar surface area (TPSA) is 53.1 Å². The van der Waals surface area contributed by atoms with Gasteiger partial charge in [-0.1, -0.05) is 42.5 Å². The Morgan fingerprint density at radius 1 is 1.03 bits per heavy atom. The number of hydrogen-bond donors (Lipinski definition) is 0. The number of rotatable bonds is 6. The molecular formula is C25H29N3O3. The predicted octanol–water partition coefficient (Wildman–Crippen LogP) is 3.78. The van der Waals surface area contributed by atoms with Crippen molar-refractivity contribution in [3.8, 4) is 0 Å². The van der Waals surface area contributed by atoms with Gasteiger partial charge in [-0.25, -0.2) is 0 Å². The van der Waals surface area contributed by atoms with E-state index in [0.29, 0.717) is 25.3 Å². The van der Waals surface area contributed by atoms with Gasteiger partial charge in [0.2, 0.25) is 5.91 Å². The van der Waals surface area contributed by atoms with Gasteiger partial charge in [-0.3, -0.25) is 14.4 Å². The van der Waals surface area contributed by atoms with Crippen molar-refractivity contribution in [2.45, 2.75) is 32.9 Å². The summed E-state index contributed by atoms with van der Waals surface area (Å²) in [6, 6.07) is 15.6. The van der Waals surface area contributed by atoms with Crippen LogP contribution in [0.3, 0.4) is 0 Å². The van der Waals surface area contributed by atoms with Crippen molar-refractivity contribution in [2.24, 2.45) is 0 Å². The number of anilines is 1. The summed E-state index contributed by atoms with van der Waals surface area (Å²) in [7, 11) is 0. The van der Waals surface area contributed by atoms with Gasteiger partial charge in [0.25, 0.3) is 5.91 Å². The van der Waals surface area contributed by atoms with E-state index in [-0.39, 0.29) is 18.4 Å². The Labute approximate surface area is 183 Å². The second-order valence-corrected chi connectivity index (χ2v) is 7.97. The van der Waals surface area contributed by atoms with Crippen LogP contribution in [-0.2, 0) is 22.7 Å². The molecular weight excluding hydrogens is 390 g/mol. The van der Waals surface area contributed by atoms with Gasteiger partial charge in [-0.15, -0.1) is 0 Å². The number of hydrogen-bond acceptors (Lipinski definition) is 4. The summed E-state index contributed by atoms with van der Waals surface area (Å²) in [5.74, 6) is 0.0804. The Kier molecular flexibility index (Phi) is 6.79. The molecule has 0 spiro atoms. The van der Waals surface area contributed by atoms with Gasteiger partial charge in [0.05, 0.1) is 19.7 Å². The lowest BCUT2D eigenvalue weighted by Crippen LogP contribution is -2.37. The van der Waals surface area contributed by atoms with E-state index in [9.17, 15) is 9.59 Å². The second kappa shape index (κ2) is 9.90. The number of likely N-dealkylation sites (tertiary alicyclic amines) is 1. The molecule has 0 unspecified atom stereocenters. The maximum atomic E-state index is 13.1. The third-order valence-electron chi connectivity index (χ3n) is 5.77. The highest BCUT2D eigenvalue weighted by Gasteiger charge is 2.27. The van der Waals surface area contributed by atoms with Crippen LogP contribution in [-0.4, -0.2) is 48.0 Å². The number of para-hydroxylation sites is 1. The molecule has 4 rings (SSSR count). The first-order valence-corrected chi connectivity index (χ1v) is 10.9. The van der Waals surface area contributed by atoms with Crippen LogP contribution in [0.4, 0.5) is 5.69 Å². The number of allylic oxidation sites excluding steroid dienone is 1. The molecule has 0 N–H and O–H groups in total. The summed E-state index contributed by atoms with van der Waals surface area (Å²) in [6.07, 6.45) is 6.01. The molecule has 1 saturated heterocycles. The lowest BCUT2D eigenvalue weighted by molar-refractivity contribution is -0.163. The van der Waals surface area contributed by atoms with E-state index in [4.69, 9.17) is 4.84 Å². The number of fused-ring (bicyclic) bond motifs is 1. The van der Waals surface area contributed by atoms with Crippen LogP contribution in [0.15, 0.2) is 60.7 Å². The zero-order valence-electron chi connectivity index (χ0n) is 18.0. The van der Waals surface area contributed by atoms with Crippen molar-refractivity contribution in [3.05, 3.63) is 77.4 Å². The Hall–Kier alpha value is -2.96. The third-order valence-corrected chi connectivity index (χ3v) is 5.77. The van der Waals surface area contributed by atoms with Gasteiger partial charge in [0, 0.05) is 24.3 Å². The van der Waals surface area contributed by atoms with E-state index < -0.39 is 0 Å². The lowest BCUT2D eigenvalue weighted by atomic mass is 10.1. The maximum absolute atomic E-state index is 13.1. The number of benzene rings is 2. The molecule has 0 aliphatic carbocycles. The summed E-state index contributed by atoms with van der Waals surface area (Å²) in [5.41, 5.74) is 3.65. The number of nitrogens with zero attached hydrogens (tertiary/aromatic N) is 3. The molecule has 0 saturated carbocycles. The molecule has 1 fully saturated rings. The molecule has 31 heavy (non-hydrogen) atoms. The molecule has 2 amide bonds. The fraction of sp³-hybridized carbons (Fsp3) is 0.360. The summed E-state index contributed by atoms with van der Waals surface area (Å²) in [5, 5.41) is 1.72. The van der Waals surface area contributed by atoms with E-state index >= 15 is 0 Å². The third kappa shape index (κ3) is 5.03. The number of amides is 2. The van der Waals surface area contributed by atoms with Crippen LogP contribution in [0, 0.1) is 0 Å². The Balaban J connectivity index is 1.50. The van der Waals surface area contributed by atoms with Crippen LogP contribution < -0.4 is 4.90 Å². The SMILES string of the molecule is C/C=C\CON1CC(=O)N(Cc2ccc(C(=O)N3CCCC3)cc2)c2ccccc2C1. The second-order valence-electron chi connectivity index (χ2n) is 7.97. The molecule has 0 radical (unpaired) electrons. The average Bonchev–Trinajstić information content (AvgIpc) is 3.29. The summed E-state index contributed by atoms with van der Waals surface area (Å²) >= 11 is 0. The fourth-order valence-electron chi connectivity index (χ4n) is 4.07. The molecule has 2 heterocycles. The standard InChI is InChI=1S/C25H29N3O3/c1-2-3-16-31-27-18-22-8-4-5-9-23(22)28(24(29)19-27)17-20-10-12-21(13-11-20)25(30)26-14-6-7-15-26/h2-5,8-13H,6-7,14-19H2,1H3/b3-2-. The number of carbonyl (C=O) groups excluding carboxylic acids is 2.